The minimum absolute atomic E-state index is 0.453. The molecule has 0 N–H and O–H groups in total. The van der Waals surface area contributed by atoms with Crippen LogP contribution in [0, 0.1) is 0 Å². The van der Waals surface area contributed by atoms with Gasteiger partial charge in [-0.05, 0) is 17.7 Å². The highest BCUT2D eigenvalue weighted by Crippen LogP contribution is 2.21. The maximum Gasteiger partial charge on any atom is 0.121 e. The predicted molar refractivity (Wildman–Crippen MR) is 74.5 cm³/mol. The monoisotopic (exact) mass is 276 g/mol. The lowest BCUT2D eigenvalue weighted by molar-refractivity contribution is 0.306. The van der Waals surface area contributed by atoms with Gasteiger partial charge in [0, 0.05) is 24.4 Å². The first-order chi connectivity index (χ1) is 9.16. The Hall–Kier alpha value is -1.85. The van der Waals surface area contributed by atoms with E-state index in [1.54, 1.807) is 24.3 Å². The van der Waals surface area contributed by atoms with Gasteiger partial charge in [-0.1, -0.05) is 36.4 Å². The highest BCUT2D eigenvalue weighted by atomic mass is 32.2. The van der Waals surface area contributed by atoms with Crippen molar-refractivity contribution in [3.05, 3.63) is 60.2 Å². The Balaban J connectivity index is 2.05. The molecule has 0 aliphatic rings. The molecule has 0 radical (unpaired) electrons. The van der Waals surface area contributed by atoms with E-state index in [2.05, 4.69) is 0 Å². The molecule has 0 fully saturated rings. The van der Waals surface area contributed by atoms with Crippen LogP contribution in [-0.2, 0) is 17.9 Å². The molecule has 0 bridgehead atoms. The summed E-state index contributed by atoms with van der Waals surface area (Å²) >= 11 is -2.28. The Morgan fingerprint density at radius 2 is 1.89 bits per heavy atom. The number of benzene rings is 2. The summed E-state index contributed by atoms with van der Waals surface area (Å²) in [4.78, 5) is 0. The van der Waals surface area contributed by atoms with E-state index in [1.807, 2.05) is 30.3 Å². The van der Waals surface area contributed by atoms with Gasteiger partial charge < -0.3 is 13.6 Å². The third kappa shape index (κ3) is 3.81. The van der Waals surface area contributed by atoms with Gasteiger partial charge in [0.05, 0.1) is 5.69 Å². The van der Waals surface area contributed by atoms with E-state index in [0.29, 0.717) is 18.0 Å². The predicted octanol–water partition coefficient (Wildman–Crippen LogP) is 2.50. The zero-order valence-electron chi connectivity index (χ0n) is 10.5. The molecule has 0 heterocycles. The van der Waals surface area contributed by atoms with Crippen LogP contribution in [0.1, 0.15) is 5.56 Å². The highest BCUT2D eigenvalue weighted by molar-refractivity contribution is 7.80. The molecule has 0 amide bonds. The Bertz CT molecular complexity index is 560. The number of rotatable bonds is 5. The molecule has 0 saturated heterocycles. The van der Waals surface area contributed by atoms with E-state index < -0.39 is 11.3 Å². The van der Waals surface area contributed by atoms with Gasteiger partial charge in [0.25, 0.3) is 0 Å². The van der Waals surface area contributed by atoms with E-state index in [-0.39, 0.29) is 0 Å². The molecule has 0 saturated carbocycles. The fourth-order valence-electron chi connectivity index (χ4n) is 1.60. The molecule has 100 valence electrons. The first-order valence-electron chi connectivity index (χ1n) is 5.77. The lowest BCUT2D eigenvalue weighted by Gasteiger charge is -2.21. The molecule has 0 spiro atoms. The van der Waals surface area contributed by atoms with Crippen molar-refractivity contribution < 1.29 is 13.5 Å². The smallest absolute Gasteiger partial charge is 0.121 e. The van der Waals surface area contributed by atoms with Crippen LogP contribution in [-0.4, -0.2) is 15.8 Å². The minimum Gasteiger partial charge on any atom is -0.755 e. The summed E-state index contributed by atoms with van der Waals surface area (Å²) in [6, 6.07) is 16.8. The Morgan fingerprint density at radius 3 is 2.58 bits per heavy atom. The molecule has 0 aliphatic heterocycles. The standard InChI is InChI=1S/C14H15NO3S/c1-15(19(16)17)13-8-5-9-14(10-13)18-11-12-6-3-2-4-7-12/h2-10H,11H2,1H3,(H,16,17)/p-1. The van der Waals surface area contributed by atoms with Gasteiger partial charge in [0.2, 0.25) is 0 Å². The van der Waals surface area contributed by atoms with Crippen molar-refractivity contribution in [1.29, 1.82) is 0 Å². The van der Waals surface area contributed by atoms with Gasteiger partial charge in [0.1, 0.15) is 12.4 Å². The van der Waals surface area contributed by atoms with Gasteiger partial charge >= 0.3 is 0 Å². The topological polar surface area (TPSA) is 52.6 Å². The summed E-state index contributed by atoms with van der Waals surface area (Å²) in [5, 5.41) is 0. The number of hydrogen-bond donors (Lipinski definition) is 0. The van der Waals surface area contributed by atoms with E-state index in [0.717, 1.165) is 9.87 Å². The number of ether oxygens (including phenoxy) is 1. The lowest BCUT2D eigenvalue weighted by atomic mass is 10.2. The van der Waals surface area contributed by atoms with Gasteiger partial charge in [-0.3, -0.25) is 4.21 Å². The lowest BCUT2D eigenvalue weighted by Crippen LogP contribution is -2.19. The fraction of sp³-hybridized carbons (Fsp3) is 0.143. The second-order valence-electron chi connectivity index (χ2n) is 3.99. The van der Waals surface area contributed by atoms with E-state index in [4.69, 9.17) is 4.74 Å². The SMILES string of the molecule is CN(c1cccc(OCc2ccccc2)c1)S(=O)[O-]. The molecule has 0 aliphatic carbocycles. The van der Waals surface area contributed by atoms with Gasteiger partial charge in [0.15, 0.2) is 0 Å². The Kier molecular flexibility index (Phi) is 4.54. The zero-order valence-corrected chi connectivity index (χ0v) is 11.3. The Labute approximate surface area is 115 Å². The van der Waals surface area contributed by atoms with Crippen LogP contribution in [0.5, 0.6) is 5.75 Å². The van der Waals surface area contributed by atoms with Crippen molar-refractivity contribution in [3.8, 4) is 5.75 Å². The molecule has 0 aromatic heterocycles. The van der Waals surface area contributed by atoms with Crippen molar-refractivity contribution >= 4 is 17.0 Å². The third-order valence-corrected chi connectivity index (χ3v) is 3.31. The van der Waals surface area contributed by atoms with Gasteiger partial charge in [-0.2, -0.15) is 0 Å². The molecule has 2 rings (SSSR count). The van der Waals surface area contributed by atoms with E-state index in [1.165, 1.54) is 7.05 Å². The molecular weight excluding hydrogens is 262 g/mol. The van der Waals surface area contributed by atoms with Crippen LogP contribution < -0.4 is 9.04 Å². The van der Waals surface area contributed by atoms with Gasteiger partial charge in [-0.25, -0.2) is 0 Å². The number of nitrogens with zero attached hydrogens (tertiary/aromatic N) is 1. The van der Waals surface area contributed by atoms with Crippen LogP contribution >= 0.6 is 0 Å². The van der Waals surface area contributed by atoms with Crippen LogP contribution in [0.15, 0.2) is 54.6 Å². The first-order valence-corrected chi connectivity index (χ1v) is 6.80. The molecule has 2 aromatic rings. The van der Waals surface area contributed by atoms with Crippen LogP contribution in [0.3, 0.4) is 0 Å². The summed E-state index contributed by atoms with van der Waals surface area (Å²) in [7, 11) is 1.49. The maximum absolute atomic E-state index is 10.9. The highest BCUT2D eigenvalue weighted by Gasteiger charge is 2.03. The summed E-state index contributed by atoms with van der Waals surface area (Å²) in [5.74, 6) is 0.638. The van der Waals surface area contributed by atoms with Crippen LogP contribution in [0.25, 0.3) is 0 Å². The van der Waals surface area contributed by atoms with Crippen molar-refractivity contribution in [1.82, 2.24) is 0 Å². The minimum atomic E-state index is -2.28. The van der Waals surface area contributed by atoms with Crippen molar-refractivity contribution in [3.63, 3.8) is 0 Å². The summed E-state index contributed by atoms with van der Waals surface area (Å²) < 4.78 is 28.5. The molecule has 1 unspecified atom stereocenters. The van der Waals surface area contributed by atoms with E-state index >= 15 is 0 Å². The first kappa shape index (κ1) is 13.6. The van der Waals surface area contributed by atoms with Crippen molar-refractivity contribution in [2.75, 3.05) is 11.4 Å². The summed E-state index contributed by atoms with van der Waals surface area (Å²) in [6.07, 6.45) is 0. The molecule has 2 aromatic carbocycles. The second-order valence-corrected chi connectivity index (χ2v) is 4.97. The zero-order chi connectivity index (χ0) is 13.7. The maximum atomic E-state index is 10.9. The van der Waals surface area contributed by atoms with Crippen molar-refractivity contribution in [2.24, 2.45) is 0 Å². The Morgan fingerprint density at radius 1 is 1.16 bits per heavy atom. The van der Waals surface area contributed by atoms with Gasteiger partial charge in [-0.15, -0.1) is 0 Å². The van der Waals surface area contributed by atoms with Crippen LogP contribution in [0.4, 0.5) is 5.69 Å². The normalized spacial score (nSPS) is 11.9. The third-order valence-electron chi connectivity index (χ3n) is 2.65. The average Bonchev–Trinajstić information content (AvgIpc) is 2.45. The van der Waals surface area contributed by atoms with Crippen LogP contribution in [0.2, 0.25) is 0 Å². The summed E-state index contributed by atoms with van der Waals surface area (Å²) in [5.41, 5.74) is 1.63. The molecule has 4 nitrogen and oxygen atoms in total. The fourth-order valence-corrected chi connectivity index (χ4v) is 1.88. The quantitative estimate of drug-likeness (QED) is 0.788. The largest absolute Gasteiger partial charge is 0.755 e. The second kappa shape index (κ2) is 6.36. The average molecular weight is 276 g/mol. The molecule has 5 heteroatoms. The molecule has 19 heavy (non-hydrogen) atoms. The summed E-state index contributed by atoms with van der Waals surface area (Å²) in [6.45, 7) is 0.453. The number of hydrogen-bond acceptors (Lipinski definition) is 3. The van der Waals surface area contributed by atoms with Crippen molar-refractivity contribution in [2.45, 2.75) is 6.61 Å². The molecular formula is C14H14NO3S-. The number of anilines is 1. The molecule has 1 atom stereocenters. The van der Waals surface area contributed by atoms with E-state index in [9.17, 15) is 8.76 Å².